The second-order valence-corrected chi connectivity index (χ2v) is 2.92. The number of hydrogen-bond acceptors (Lipinski definition) is 6. The second-order valence-electron chi connectivity index (χ2n) is 2.92. The molecule has 0 spiro atoms. The maximum absolute atomic E-state index is 11.2. The zero-order valence-corrected chi connectivity index (χ0v) is 8.33. The number of aliphatic hydroxyl groups excluding tert-OH is 1. The number of ether oxygens (including phenoxy) is 1. The molecule has 0 aliphatic carbocycles. The highest BCUT2D eigenvalue weighted by atomic mass is 16.5. The van der Waals surface area contributed by atoms with E-state index in [2.05, 4.69) is 20.8 Å². The largest absolute Gasteiger partial charge is 0.389 e. The van der Waals surface area contributed by atoms with Gasteiger partial charge in [-0.25, -0.2) is 4.68 Å². The number of aliphatic hydroxyl groups is 1. The molecule has 1 amide bonds. The van der Waals surface area contributed by atoms with E-state index in [1.807, 2.05) is 0 Å². The molecule has 0 saturated carbocycles. The number of carbonyl (C=O) groups is 1. The fourth-order valence-corrected chi connectivity index (χ4v) is 0.939. The molecule has 0 aliphatic heterocycles. The molecule has 1 heterocycles. The summed E-state index contributed by atoms with van der Waals surface area (Å²) in [5, 5.41) is 22.1. The Bertz CT molecular complexity index is 289. The molecular formula is C7H13N5O3. The molecule has 0 aromatic carbocycles. The normalized spacial score (nSPS) is 12.4. The van der Waals surface area contributed by atoms with Crippen molar-refractivity contribution >= 4 is 5.91 Å². The summed E-state index contributed by atoms with van der Waals surface area (Å²) >= 11 is 0. The van der Waals surface area contributed by atoms with E-state index in [1.54, 1.807) is 0 Å². The van der Waals surface area contributed by atoms with Crippen molar-refractivity contribution in [3.05, 3.63) is 6.33 Å². The molecule has 1 unspecified atom stereocenters. The number of carbonyl (C=O) groups excluding carboxylic acids is 1. The van der Waals surface area contributed by atoms with Gasteiger partial charge in [-0.05, 0) is 10.4 Å². The Balaban J connectivity index is 2.19. The van der Waals surface area contributed by atoms with Crippen molar-refractivity contribution < 1.29 is 14.6 Å². The van der Waals surface area contributed by atoms with Gasteiger partial charge in [-0.3, -0.25) is 4.79 Å². The van der Waals surface area contributed by atoms with Gasteiger partial charge in [0.05, 0.1) is 12.7 Å². The Morgan fingerprint density at radius 1 is 1.73 bits per heavy atom. The fraction of sp³-hybridized carbons (Fsp3) is 0.714. The summed E-state index contributed by atoms with van der Waals surface area (Å²) in [6, 6.07) is 0. The molecule has 8 nitrogen and oxygen atoms in total. The van der Waals surface area contributed by atoms with Crippen molar-refractivity contribution in [3.63, 3.8) is 0 Å². The third-order valence-electron chi connectivity index (χ3n) is 1.59. The van der Waals surface area contributed by atoms with Crippen LogP contribution in [0.2, 0.25) is 0 Å². The molecule has 1 rings (SSSR count). The van der Waals surface area contributed by atoms with Crippen LogP contribution in [-0.4, -0.2) is 57.6 Å². The molecule has 1 atom stereocenters. The first-order chi connectivity index (χ1) is 7.22. The molecule has 1 aromatic rings. The third kappa shape index (κ3) is 4.47. The minimum Gasteiger partial charge on any atom is -0.389 e. The number of methoxy groups -OCH3 is 1. The summed E-state index contributed by atoms with van der Waals surface area (Å²) in [6.07, 6.45) is 0.637. The van der Waals surface area contributed by atoms with Crippen LogP contribution < -0.4 is 5.32 Å². The zero-order chi connectivity index (χ0) is 11.1. The van der Waals surface area contributed by atoms with Gasteiger partial charge in [-0.1, -0.05) is 0 Å². The Kier molecular flexibility index (Phi) is 4.64. The molecular weight excluding hydrogens is 202 g/mol. The minimum absolute atomic E-state index is 0.0344. The van der Waals surface area contributed by atoms with Crippen LogP contribution in [-0.2, 0) is 16.1 Å². The number of aromatic nitrogens is 4. The Labute approximate surface area is 86.2 Å². The molecule has 84 valence electrons. The summed E-state index contributed by atoms with van der Waals surface area (Å²) in [7, 11) is 1.48. The molecule has 8 heteroatoms. The van der Waals surface area contributed by atoms with Gasteiger partial charge in [-0.2, -0.15) is 0 Å². The van der Waals surface area contributed by atoms with Crippen LogP contribution in [0.3, 0.4) is 0 Å². The lowest BCUT2D eigenvalue weighted by Gasteiger charge is -2.10. The van der Waals surface area contributed by atoms with Crippen LogP contribution in [0.1, 0.15) is 0 Å². The van der Waals surface area contributed by atoms with Crippen LogP contribution in [0.4, 0.5) is 0 Å². The number of tetrazole rings is 1. The van der Waals surface area contributed by atoms with Crippen molar-refractivity contribution in [2.24, 2.45) is 0 Å². The van der Waals surface area contributed by atoms with Gasteiger partial charge < -0.3 is 15.2 Å². The fourth-order valence-electron chi connectivity index (χ4n) is 0.939. The number of nitrogens with one attached hydrogen (secondary N) is 1. The average Bonchev–Trinajstić information content (AvgIpc) is 2.68. The van der Waals surface area contributed by atoms with Gasteiger partial charge in [0.1, 0.15) is 12.9 Å². The van der Waals surface area contributed by atoms with Crippen molar-refractivity contribution in [2.75, 3.05) is 20.3 Å². The highest BCUT2D eigenvalue weighted by Crippen LogP contribution is 1.83. The van der Waals surface area contributed by atoms with E-state index in [4.69, 9.17) is 4.74 Å². The van der Waals surface area contributed by atoms with Crippen LogP contribution in [0.25, 0.3) is 0 Å². The van der Waals surface area contributed by atoms with E-state index in [1.165, 1.54) is 18.1 Å². The van der Waals surface area contributed by atoms with E-state index >= 15 is 0 Å². The van der Waals surface area contributed by atoms with Gasteiger partial charge in [-0.15, -0.1) is 5.10 Å². The molecule has 0 aliphatic rings. The lowest BCUT2D eigenvalue weighted by atomic mass is 10.4. The van der Waals surface area contributed by atoms with E-state index < -0.39 is 6.10 Å². The Morgan fingerprint density at radius 3 is 3.13 bits per heavy atom. The number of hydrogen-bond donors (Lipinski definition) is 2. The van der Waals surface area contributed by atoms with Crippen LogP contribution in [0.5, 0.6) is 0 Å². The summed E-state index contributed by atoms with van der Waals surface area (Å²) < 4.78 is 5.99. The summed E-state index contributed by atoms with van der Waals surface area (Å²) in [6.45, 7) is 0.368. The van der Waals surface area contributed by atoms with Gasteiger partial charge in [0.25, 0.3) is 0 Å². The third-order valence-corrected chi connectivity index (χ3v) is 1.59. The Morgan fingerprint density at radius 2 is 2.53 bits per heavy atom. The Hall–Kier alpha value is -1.54. The van der Waals surface area contributed by atoms with Crippen molar-refractivity contribution in [1.82, 2.24) is 25.5 Å². The predicted molar refractivity (Wildman–Crippen MR) is 48.7 cm³/mol. The maximum Gasteiger partial charge on any atom is 0.241 e. The summed E-state index contributed by atoms with van der Waals surface area (Å²) in [4.78, 5) is 11.2. The lowest BCUT2D eigenvalue weighted by Crippen LogP contribution is -2.36. The molecule has 0 radical (unpaired) electrons. The SMILES string of the molecule is COCC(O)CNC(=O)Cn1cnnn1. The number of rotatable bonds is 6. The molecule has 1 aromatic heterocycles. The number of nitrogens with zero attached hydrogens (tertiary/aromatic N) is 4. The van der Waals surface area contributed by atoms with Crippen molar-refractivity contribution in [1.29, 1.82) is 0 Å². The van der Waals surface area contributed by atoms with Crippen LogP contribution >= 0.6 is 0 Å². The predicted octanol–water partition coefficient (Wildman–Crippen LogP) is -2.20. The van der Waals surface area contributed by atoms with Gasteiger partial charge in [0.15, 0.2) is 0 Å². The van der Waals surface area contributed by atoms with E-state index in [0.717, 1.165) is 0 Å². The maximum atomic E-state index is 11.2. The summed E-state index contributed by atoms with van der Waals surface area (Å²) in [5.74, 6) is -0.266. The molecule has 2 N–H and O–H groups in total. The van der Waals surface area contributed by atoms with E-state index in [0.29, 0.717) is 0 Å². The van der Waals surface area contributed by atoms with Crippen molar-refractivity contribution in [2.45, 2.75) is 12.6 Å². The average molecular weight is 215 g/mol. The summed E-state index contributed by atoms with van der Waals surface area (Å²) in [5.41, 5.74) is 0. The quantitative estimate of drug-likeness (QED) is 0.558. The van der Waals surface area contributed by atoms with Gasteiger partial charge in [0.2, 0.25) is 5.91 Å². The lowest BCUT2D eigenvalue weighted by molar-refractivity contribution is -0.122. The van der Waals surface area contributed by atoms with Gasteiger partial charge >= 0.3 is 0 Å². The topological polar surface area (TPSA) is 102 Å². The highest BCUT2D eigenvalue weighted by molar-refractivity contribution is 5.75. The molecule has 0 fully saturated rings. The molecule has 15 heavy (non-hydrogen) atoms. The first kappa shape index (κ1) is 11.5. The monoisotopic (exact) mass is 215 g/mol. The van der Waals surface area contributed by atoms with E-state index in [-0.39, 0.29) is 25.6 Å². The van der Waals surface area contributed by atoms with Crippen LogP contribution in [0, 0.1) is 0 Å². The highest BCUT2D eigenvalue weighted by Gasteiger charge is 2.07. The van der Waals surface area contributed by atoms with Crippen LogP contribution in [0.15, 0.2) is 6.33 Å². The minimum atomic E-state index is -0.701. The second kappa shape index (κ2) is 6.04. The smallest absolute Gasteiger partial charge is 0.241 e. The van der Waals surface area contributed by atoms with Gasteiger partial charge in [0, 0.05) is 13.7 Å². The molecule has 0 saturated heterocycles. The molecule has 0 bridgehead atoms. The first-order valence-corrected chi connectivity index (χ1v) is 4.37. The first-order valence-electron chi connectivity index (χ1n) is 4.37. The van der Waals surface area contributed by atoms with E-state index in [9.17, 15) is 9.90 Å². The van der Waals surface area contributed by atoms with Crippen molar-refractivity contribution in [3.8, 4) is 0 Å². The standard InChI is InChI=1S/C7H13N5O3/c1-15-4-6(13)2-8-7(14)3-12-5-9-10-11-12/h5-6,13H,2-4H2,1H3,(H,8,14). The zero-order valence-electron chi connectivity index (χ0n) is 8.33. The number of amides is 1.